The van der Waals surface area contributed by atoms with Crippen LogP contribution < -0.4 is 15.0 Å². The zero-order valence-electron chi connectivity index (χ0n) is 26.3. The Morgan fingerprint density at radius 2 is 2.00 bits per heavy atom. The molecule has 0 radical (unpaired) electrons. The van der Waals surface area contributed by atoms with Crippen molar-refractivity contribution < 1.29 is 43.2 Å². The van der Waals surface area contributed by atoms with Crippen molar-refractivity contribution in [2.45, 2.75) is 95.5 Å². The van der Waals surface area contributed by atoms with Gasteiger partial charge in [-0.15, -0.1) is 0 Å². The molecule has 3 aliphatic rings. The highest BCUT2D eigenvalue weighted by Gasteiger charge is 2.64. The lowest BCUT2D eigenvalue weighted by Gasteiger charge is -2.42. The predicted molar refractivity (Wildman–Crippen MR) is 164 cm³/mol. The first-order valence-electron chi connectivity index (χ1n) is 14.8. The van der Waals surface area contributed by atoms with Crippen molar-refractivity contribution in [3.63, 3.8) is 0 Å². The van der Waals surface area contributed by atoms with Crippen LogP contribution in [0.5, 0.6) is 5.75 Å². The third-order valence-corrected chi connectivity index (χ3v) is 9.06. The Labute approximate surface area is 263 Å². The number of aliphatic hydroxyl groups is 1. The van der Waals surface area contributed by atoms with E-state index in [1.807, 2.05) is 39.0 Å². The first-order valence-corrected chi connectivity index (χ1v) is 15.2. The quantitative estimate of drug-likeness (QED) is 0.355. The maximum atomic E-state index is 13.8. The number of halogens is 1. The average Bonchev–Trinajstić information content (AvgIpc) is 3.66. The normalized spacial score (nSPS) is 34.5. The maximum Gasteiger partial charge on any atom is 0.409 e. The molecule has 1 aromatic carbocycles. The lowest BCUT2D eigenvalue weighted by molar-refractivity contribution is -0.153. The molecule has 0 aromatic heterocycles. The van der Waals surface area contributed by atoms with Crippen molar-refractivity contribution in [3.05, 3.63) is 46.5 Å². The number of carbonyl (C=O) groups excluding carboxylic acids is 3. The Kier molecular flexibility index (Phi) is 10.3. The van der Waals surface area contributed by atoms with Crippen LogP contribution in [-0.4, -0.2) is 80.1 Å². The van der Waals surface area contributed by atoms with Gasteiger partial charge in [0.2, 0.25) is 5.91 Å². The maximum absolute atomic E-state index is 13.8. The monoisotopic (exact) mass is 634 g/mol. The van der Waals surface area contributed by atoms with Crippen molar-refractivity contribution in [2.24, 2.45) is 5.92 Å². The number of epoxide rings is 1. The Morgan fingerprint density at radius 1 is 1.27 bits per heavy atom. The largest absolute Gasteiger partial charge is 0.495 e. The molecule has 4 bridgehead atoms. The molecule has 11 nitrogen and oxygen atoms in total. The number of carbonyl (C=O) groups is 3. The highest BCUT2D eigenvalue weighted by atomic mass is 35.5. The number of hydrogen-bond acceptors (Lipinski definition) is 9. The minimum atomic E-state index is -1.76. The molecule has 242 valence electrons. The fourth-order valence-electron chi connectivity index (χ4n) is 6.03. The van der Waals surface area contributed by atoms with E-state index in [2.05, 4.69) is 5.32 Å². The summed E-state index contributed by atoms with van der Waals surface area (Å²) in [6, 6.07) is 3.64. The molecule has 7 atom stereocenters. The number of nitrogens with zero attached hydrogens (tertiary/aromatic N) is 1. The van der Waals surface area contributed by atoms with Crippen molar-refractivity contribution in [3.8, 4) is 5.75 Å². The van der Waals surface area contributed by atoms with Gasteiger partial charge in [0.15, 0.2) is 5.72 Å². The number of allylic oxidation sites excluding steroid dienone is 3. The average molecular weight is 635 g/mol. The van der Waals surface area contributed by atoms with Gasteiger partial charge in [0.1, 0.15) is 34.7 Å². The highest BCUT2D eigenvalue weighted by molar-refractivity contribution is 6.35. The number of nitrogens with one attached hydrogen (secondary N) is 1. The van der Waals surface area contributed by atoms with Crippen LogP contribution in [0.2, 0.25) is 5.02 Å². The molecule has 1 aromatic rings. The van der Waals surface area contributed by atoms with E-state index in [-0.39, 0.29) is 30.2 Å². The van der Waals surface area contributed by atoms with Gasteiger partial charge in [0.05, 0.1) is 25.3 Å². The smallest absolute Gasteiger partial charge is 0.409 e. The van der Waals surface area contributed by atoms with Crippen LogP contribution in [0.1, 0.15) is 58.9 Å². The summed E-state index contributed by atoms with van der Waals surface area (Å²) in [6.45, 7) is 7.41. The molecule has 2 fully saturated rings. The van der Waals surface area contributed by atoms with Gasteiger partial charge in [-0.3, -0.25) is 14.9 Å². The zero-order chi connectivity index (χ0) is 32.4. The number of benzene rings is 1. The molecule has 0 aliphatic carbocycles. The van der Waals surface area contributed by atoms with Crippen LogP contribution in [0, 0.1) is 5.92 Å². The van der Waals surface area contributed by atoms with Gasteiger partial charge >= 0.3 is 12.1 Å². The van der Waals surface area contributed by atoms with Crippen LogP contribution >= 0.6 is 11.6 Å². The van der Waals surface area contributed by atoms with E-state index >= 15 is 0 Å². The number of esters is 1. The van der Waals surface area contributed by atoms with Crippen molar-refractivity contribution in [1.82, 2.24) is 5.32 Å². The summed E-state index contributed by atoms with van der Waals surface area (Å²) in [4.78, 5) is 40.6. The van der Waals surface area contributed by atoms with Crippen molar-refractivity contribution >= 4 is 35.3 Å². The molecular weight excluding hydrogens is 592 g/mol. The summed E-state index contributed by atoms with van der Waals surface area (Å²) in [5, 5.41) is 14.4. The van der Waals surface area contributed by atoms with E-state index in [0.717, 1.165) is 11.1 Å². The summed E-state index contributed by atoms with van der Waals surface area (Å²) < 4.78 is 28.8. The van der Waals surface area contributed by atoms with Crippen molar-refractivity contribution in [1.29, 1.82) is 0 Å². The number of anilines is 1. The number of amides is 2. The molecule has 4 rings (SSSR count). The fraction of sp³-hybridized carbons (Fsp3) is 0.594. The molecule has 0 saturated carbocycles. The molecule has 3 heterocycles. The summed E-state index contributed by atoms with van der Waals surface area (Å²) in [5.74, 6) is -0.813. The Balaban J connectivity index is 1.79. The van der Waals surface area contributed by atoms with Crippen molar-refractivity contribution in [2.75, 3.05) is 26.2 Å². The van der Waals surface area contributed by atoms with E-state index < -0.39 is 53.7 Å². The summed E-state index contributed by atoms with van der Waals surface area (Å²) in [7, 11) is 4.57. The number of hydrogen-bond donors (Lipinski definition) is 2. The molecule has 3 aliphatic heterocycles. The minimum absolute atomic E-state index is 0.00742. The van der Waals surface area contributed by atoms with Gasteiger partial charge in [0, 0.05) is 32.9 Å². The number of ether oxygens (including phenoxy) is 5. The summed E-state index contributed by atoms with van der Waals surface area (Å²) in [5.41, 5.74) is -0.561. The van der Waals surface area contributed by atoms with E-state index in [1.165, 1.54) is 19.1 Å². The lowest BCUT2D eigenvalue weighted by Crippen LogP contribution is -2.63. The third-order valence-electron chi connectivity index (χ3n) is 8.68. The van der Waals surface area contributed by atoms with Gasteiger partial charge in [-0.25, -0.2) is 4.79 Å². The molecule has 44 heavy (non-hydrogen) atoms. The van der Waals surface area contributed by atoms with Crippen LogP contribution in [0.15, 0.2) is 35.9 Å². The number of rotatable bonds is 5. The zero-order valence-corrected chi connectivity index (χ0v) is 27.1. The first-order chi connectivity index (χ1) is 20.8. The first kappa shape index (κ1) is 33.8. The van der Waals surface area contributed by atoms with Gasteiger partial charge in [-0.1, -0.05) is 49.2 Å². The highest BCUT2D eigenvalue weighted by Crippen LogP contribution is 2.49. The van der Waals surface area contributed by atoms with Crippen LogP contribution in [0.25, 0.3) is 0 Å². The topological polar surface area (TPSA) is 136 Å². The lowest BCUT2D eigenvalue weighted by atomic mass is 9.83. The van der Waals surface area contributed by atoms with E-state index in [0.29, 0.717) is 24.3 Å². The second kappa shape index (κ2) is 13.5. The Bertz CT molecular complexity index is 1330. The molecule has 12 heteroatoms. The van der Waals surface area contributed by atoms with E-state index in [9.17, 15) is 19.5 Å². The molecular formula is C32H43ClN2O9. The Hall–Kier alpha value is -3.12. The van der Waals surface area contributed by atoms with E-state index in [4.69, 9.17) is 35.3 Å². The van der Waals surface area contributed by atoms with Gasteiger partial charge < -0.3 is 33.7 Å². The fourth-order valence-corrected chi connectivity index (χ4v) is 6.34. The SMILES string of the molecule is CCCC(=O)O[C@H]1CC(=O)N(C)c2cc(cc(OC)c2Cl)C/C(C)=C/C=C/[C@@H](OC)[C@@]2(O)CC(OC(=O)N2)[C@@H](C)C2OC21C. The van der Waals surface area contributed by atoms with Crippen LogP contribution in [0.4, 0.5) is 10.5 Å². The van der Waals surface area contributed by atoms with Gasteiger partial charge in [-0.2, -0.15) is 0 Å². The molecule has 0 spiro atoms. The third kappa shape index (κ3) is 7.06. The predicted octanol–water partition coefficient (Wildman–Crippen LogP) is 4.47. The molecule has 2 saturated heterocycles. The standard InChI is InChI=1S/C32H43ClN2O9/c1-8-10-27(37)43-25-16-26(36)35(5)21-14-20(15-22(40-6)28(21)33)13-18(2)11-9-12-24(41-7)32(39)17-23(42-30(38)34-32)19(3)29-31(25,4)44-29/h9,11-12,14-15,19,23-25,29,39H,8,10,13,16-17H2,1-7H3,(H,34,38)/b12-9+,18-11+/t19-,23?,24-,25+,29?,31?,32+/m1/s1. The Morgan fingerprint density at radius 3 is 2.66 bits per heavy atom. The van der Waals surface area contributed by atoms with E-state index in [1.54, 1.807) is 26.1 Å². The summed E-state index contributed by atoms with van der Waals surface area (Å²) in [6.07, 6.45) is 2.47. The number of methoxy groups -OCH3 is 2. The second-order valence-corrected chi connectivity index (χ2v) is 12.4. The van der Waals surface area contributed by atoms with Crippen LogP contribution in [0.3, 0.4) is 0 Å². The second-order valence-electron chi connectivity index (χ2n) is 12.0. The number of alkyl carbamates (subject to hydrolysis) is 1. The van der Waals surface area contributed by atoms with Gasteiger partial charge in [-0.05, 0) is 44.4 Å². The number of fused-ring (bicyclic) bond motifs is 5. The summed E-state index contributed by atoms with van der Waals surface area (Å²) >= 11 is 6.68. The molecule has 2 amide bonds. The van der Waals surface area contributed by atoms with Gasteiger partial charge in [0.25, 0.3) is 0 Å². The molecule has 2 N–H and O–H groups in total. The van der Waals surface area contributed by atoms with Crippen LogP contribution in [-0.2, 0) is 35.0 Å². The molecule has 3 unspecified atom stereocenters. The minimum Gasteiger partial charge on any atom is -0.495 e.